The van der Waals surface area contributed by atoms with E-state index in [1.165, 1.54) is 0 Å². The normalized spacial score (nSPS) is 14.2. The Morgan fingerprint density at radius 3 is 2.00 bits per heavy atom. The molecule has 0 saturated carbocycles. The van der Waals surface area contributed by atoms with Crippen LogP contribution in [0.2, 0.25) is 0 Å². The van der Waals surface area contributed by atoms with E-state index in [2.05, 4.69) is 0 Å². The monoisotopic (exact) mass is 209 g/mol. The number of halogens is 3. The van der Waals surface area contributed by atoms with Crippen molar-refractivity contribution < 1.29 is 22.8 Å². The largest absolute Gasteiger partial charge is 0.604 e. The molecule has 6 heteroatoms. The Kier molecular flexibility index (Phi) is 2.72. The van der Waals surface area contributed by atoms with E-state index >= 15 is 0 Å². The van der Waals surface area contributed by atoms with Crippen molar-refractivity contribution >= 4 is 11.2 Å². The Morgan fingerprint density at radius 1 is 1.15 bits per heavy atom. The van der Waals surface area contributed by atoms with Crippen molar-refractivity contribution in [3.63, 3.8) is 0 Å². The molecule has 0 fully saturated rings. The summed E-state index contributed by atoms with van der Waals surface area (Å²) in [7, 11) is 0. The smallest absolute Gasteiger partial charge is 0.578 e. The highest BCUT2D eigenvalue weighted by Crippen LogP contribution is 2.30. The zero-order chi connectivity index (χ0) is 10.1. The predicted molar refractivity (Wildman–Crippen MR) is 39.0 cm³/mol. The first-order chi connectivity index (χ1) is 5.91. The highest BCUT2D eigenvalue weighted by atomic mass is 32.2. The Labute approximate surface area is 75.2 Å². The van der Waals surface area contributed by atoms with Gasteiger partial charge in [0.1, 0.15) is 0 Å². The van der Waals surface area contributed by atoms with Crippen LogP contribution in [-0.2, 0) is 16.3 Å². The van der Waals surface area contributed by atoms with Crippen LogP contribution in [0, 0.1) is 0 Å². The van der Waals surface area contributed by atoms with Gasteiger partial charge in [-0.1, -0.05) is 0 Å². The average Bonchev–Trinajstić information content (AvgIpc) is 2.03. The van der Waals surface area contributed by atoms with Gasteiger partial charge in [0.05, 0.1) is 11.2 Å². The van der Waals surface area contributed by atoms with Crippen molar-refractivity contribution in [1.82, 2.24) is 0 Å². The second-order valence-electron chi connectivity index (χ2n) is 2.19. The van der Waals surface area contributed by atoms with Crippen molar-refractivity contribution in [1.29, 1.82) is 0 Å². The minimum absolute atomic E-state index is 0.410. The fourth-order valence-electron chi connectivity index (χ4n) is 0.697. The van der Waals surface area contributed by atoms with Gasteiger partial charge in [-0.15, -0.1) is 13.2 Å². The van der Waals surface area contributed by atoms with Gasteiger partial charge in [0.2, 0.25) is 0 Å². The molecule has 1 aromatic carbocycles. The van der Waals surface area contributed by atoms with Gasteiger partial charge in [0.15, 0.2) is 10.6 Å². The van der Waals surface area contributed by atoms with Gasteiger partial charge >= 0.3 is 5.51 Å². The summed E-state index contributed by atoms with van der Waals surface area (Å²) >= 11 is -3.05. The molecule has 13 heavy (non-hydrogen) atoms. The summed E-state index contributed by atoms with van der Waals surface area (Å²) in [5.74, 6) is -0.414. The highest BCUT2D eigenvalue weighted by Gasteiger charge is 2.45. The Bertz CT molecular complexity index is 283. The Morgan fingerprint density at radius 2 is 1.62 bits per heavy atom. The Balaban J connectivity index is 2.90. The number of hydrogen-bond acceptors (Lipinski definition) is 1. The fraction of sp³-hybridized carbons (Fsp3) is 0.143. The van der Waals surface area contributed by atoms with E-state index in [0.29, 0.717) is 0 Å². The summed E-state index contributed by atoms with van der Waals surface area (Å²) in [5.41, 5.74) is -4.77. The van der Waals surface area contributed by atoms with Crippen LogP contribution >= 0.6 is 0 Å². The lowest BCUT2D eigenvalue weighted by molar-refractivity contribution is -0.0435. The summed E-state index contributed by atoms with van der Waals surface area (Å²) in [4.78, 5) is -0.410. The molecular formula is C7H4F3O2S. The van der Waals surface area contributed by atoms with E-state index in [1.54, 1.807) is 0 Å². The van der Waals surface area contributed by atoms with Gasteiger partial charge in [-0.3, -0.25) is 5.11 Å². The third kappa shape index (κ3) is 2.53. The zero-order valence-corrected chi connectivity index (χ0v) is 6.98. The minimum atomic E-state index is -4.77. The van der Waals surface area contributed by atoms with E-state index in [0.717, 1.165) is 24.3 Å². The molecule has 1 atom stereocenters. The molecule has 0 saturated heterocycles. The Hall–Kier alpha value is -0.880. The van der Waals surface area contributed by atoms with Gasteiger partial charge in [-0.2, -0.15) is 0 Å². The standard InChI is InChI=1S/C7H4F3O2S/c8-7(9,10)13(12)6-3-1-5(11)2-4-6/h1-4H. The first-order valence-electron chi connectivity index (χ1n) is 3.17. The molecule has 1 aromatic rings. The van der Waals surface area contributed by atoms with Crippen LogP contribution in [0.4, 0.5) is 13.2 Å². The van der Waals surface area contributed by atoms with Gasteiger partial charge in [-0.25, -0.2) is 0 Å². The molecule has 0 aliphatic carbocycles. The van der Waals surface area contributed by atoms with Crippen LogP contribution in [-0.4, -0.2) is 10.1 Å². The summed E-state index contributed by atoms with van der Waals surface area (Å²) in [5, 5.41) is 10.5. The first-order valence-corrected chi connectivity index (χ1v) is 4.32. The van der Waals surface area contributed by atoms with Crippen LogP contribution in [0.1, 0.15) is 0 Å². The summed E-state index contributed by atoms with van der Waals surface area (Å²) in [6.45, 7) is 0. The van der Waals surface area contributed by atoms with E-state index < -0.39 is 27.3 Å². The maximum Gasteiger partial charge on any atom is 0.578 e. The van der Waals surface area contributed by atoms with Crippen molar-refractivity contribution in [2.24, 2.45) is 0 Å². The molecule has 0 spiro atoms. The average molecular weight is 209 g/mol. The lowest BCUT2D eigenvalue weighted by Gasteiger charge is -2.11. The second-order valence-corrected chi connectivity index (χ2v) is 3.66. The van der Waals surface area contributed by atoms with E-state index in [1.807, 2.05) is 0 Å². The van der Waals surface area contributed by atoms with Crippen molar-refractivity contribution in [3.8, 4) is 5.75 Å². The number of alkyl halides is 3. The summed E-state index contributed by atoms with van der Waals surface area (Å²) in [6.07, 6.45) is 0. The molecule has 0 aliphatic rings. The van der Waals surface area contributed by atoms with Crippen molar-refractivity contribution in [2.75, 3.05) is 0 Å². The highest BCUT2D eigenvalue weighted by molar-refractivity contribution is 7.92. The number of benzene rings is 1. The van der Waals surface area contributed by atoms with E-state index in [4.69, 9.17) is 0 Å². The van der Waals surface area contributed by atoms with Crippen molar-refractivity contribution in [3.05, 3.63) is 24.3 Å². The zero-order valence-electron chi connectivity index (χ0n) is 6.17. The molecule has 1 unspecified atom stereocenters. The molecule has 0 aliphatic heterocycles. The van der Waals surface area contributed by atoms with Crippen LogP contribution in [0.15, 0.2) is 29.2 Å². The fourth-order valence-corrected chi connectivity index (χ4v) is 1.35. The lowest BCUT2D eigenvalue weighted by atomic mass is 10.3. The van der Waals surface area contributed by atoms with Gasteiger partial charge < -0.3 is 4.55 Å². The van der Waals surface area contributed by atoms with Crippen LogP contribution in [0.3, 0.4) is 0 Å². The SMILES string of the molecule is [O]c1ccc([S+]([O-])C(F)(F)F)cc1. The molecule has 2 nitrogen and oxygen atoms in total. The number of hydrogen-bond donors (Lipinski definition) is 0. The summed E-state index contributed by atoms with van der Waals surface area (Å²) < 4.78 is 46.2. The van der Waals surface area contributed by atoms with E-state index in [9.17, 15) is 22.8 Å². The third-order valence-electron chi connectivity index (χ3n) is 1.25. The second kappa shape index (κ2) is 3.47. The molecule has 71 valence electrons. The van der Waals surface area contributed by atoms with Crippen LogP contribution < -0.4 is 0 Å². The predicted octanol–water partition coefficient (Wildman–Crippen LogP) is 2.46. The molecule has 0 heterocycles. The molecule has 0 amide bonds. The van der Waals surface area contributed by atoms with Gasteiger partial charge in [0.25, 0.3) is 0 Å². The topological polar surface area (TPSA) is 43.0 Å². The minimum Gasteiger partial charge on any atom is -0.604 e. The maximum atomic E-state index is 11.9. The summed E-state index contributed by atoms with van der Waals surface area (Å²) in [6, 6.07) is 3.70. The molecule has 0 N–H and O–H groups in total. The third-order valence-corrected chi connectivity index (χ3v) is 2.37. The molecule has 0 aromatic heterocycles. The van der Waals surface area contributed by atoms with E-state index in [-0.39, 0.29) is 0 Å². The quantitative estimate of drug-likeness (QED) is 0.655. The maximum absolute atomic E-state index is 11.9. The lowest BCUT2D eigenvalue weighted by Crippen LogP contribution is -2.23. The van der Waals surface area contributed by atoms with Crippen LogP contribution in [0.5, 0.6) is 5.75 Å². The van der Waals surface area contributed by atoms with Gasteiger partial charge in [0, 0.05) is 0 Å². The molecule has 1 rings (SSSR count). The number of rotatable bonds is 1. The molecule has 0 bridgehead atoms. The van der Waals surface area contributed by atoms with Crippen molar-refractivity contribution in [2.45, 2.75) is 10.4 Å². The van der Waals surface area contributed by atoms with Crippen LogP contribution in [0.25, 0.3) is 0 Å². The molecular weight excluding hydrogens is 205 g/mol. The first kappa shape index (κ1) is 10.2. The molecule has 1 radical (unpaired) electrons. The van der Waals surface area contributed by atoms with Gasteiger partial charge in [-0.05, 0) is 24.3 Å².